The van der Waals surface area contributed by atoms with Crippen molar-refractivity contribution in [1.29, 1.82) is 5.26 Å². The summed E-state index contributed by atoms with van der Waals surface area (Å²) in [5.41, 5.74) is 0.788. The number of amides is 1. The molecule has 1 N–H and O–H groups in total. The summed E-state index contributed by atoms with van der Waals surface area (Å²) in [5, 5.41) is 19.8. The first kappa shape index (κ1) is 17.5. The van der Waals surface area contributed by atoms with Crippen molar-refractivity contribution in [3.8, 4) is 6.07 Å². The van der Waals surface area contributed by atoms with E-state index in [0.717, 1.165) is 6.54 Å². The minimum Gasteiger partial charge on any atom is -0.369 e. The second-order valence-corrected chi connectivity index (χ2v) is 7.30. The molecular formula is C19H21FN6O. The lowest BCUT2D eigenvalue weighted by atomic mass is 9.95. The molecule has 2 aromatic rings. The van der Waals surface area contributed by atoms with Crippen LogP contribution in [0, 0.1) is 29.0 Å². The Bertz CT molecular complexity index is 877. The molecule has 0 bridgehead atoms. The number of piperidine rings is 1. The van der Waals surface area contributed by atoms with Crippen LogP contribution in [0.1, 0.15) is 31.2 Å². The van der Waals surface area contributed by atoms with E-state index in [2.05, 4.69) is 15.6 Å². The zero-order chi connectivity index (χ0) is 18.8. The minimum absolute atomic E-state index is 0.0616. The highest BCUT2D eigenvalue weighted by atomic mass is 19.1. The summed E-state index contributed by atoms with van der Waals surface area (Å²) in [5.74, 6) is 0.595. The lowest BCUT2D eigenvalue weighted by Crippen LogP contribution is -2.38. The Labute approximate surface area is 156 Å². The zero-order valence-electron chi connectivity index (χ0n) is 14.9. The first-order valence-electron chi connectivity index (χ1n) is 9.28. The molecule has 0 unspecified atom stereocenters. The van der Waals surface area contributed by atoms with E-state index in [1.165, 1.54) is 18.9 Å². The van der Waals surface area contributed by atoms with Gasteiger partial charge in [0.15, 0.2) is 5.82 Å². The van der Waals surface area contributed by atoms with Crippen molar-refractivity contribution in [1.82, 2.24) is 15.0 Å². The number of halogens is 1. The minimum atomic E-state index is -0.399. The van der Waals surface area contributed by atoms with Gasteiger partial charge in [-0.1, -0.05) is 5.21 Å². The van der Waals surface area contributed by atoms with Crippen LogP contribution in [0.5, 0.6) is 0 Å². The molecule has 1 amide bonds. The molecule has 0 spiro atoms. The Morgan fingerprint density at radius 3 is 2.74 bits per heavy atom. The smallest absolute Gasteiger partial charge is 0.228 e. The Kier molecular flexibility index (Phi) is 4.75. The van der Waals surface area contributed by atoms with Crippen molar-refractivity contribution in [3.05, 3.63) is 35.8 Å². The third kappa shape index (κ3) is 4.08. The van der Waals surface area contributed by atoms with Crippen LogP contribution < -0.4 is 10.2 Å². The molecule has 2 aliphatic rings. The highest BCUT2D eigenvalue weighted by Crippen LogP contribution is 2.30. The van der Waals surface area contributed by atoms with E-state index in [0.29, 0.717) is 48.9 Å². The van der Waals surface area contributed by atoms with E-state index in [4.69, 9.17) is 5.26 Å². The number of nitriles is 1. The molecule has 4 rings (SSSR count). The van der Waals surface area contributed by atoms with Crippen LogP contribution in [0.25, 0.3) is 0 Å². The number of carbonyl (C=O) groups is 1. The lowest BCUT2D eigenvalue weighted by molar-refractivity contribution is -0.120. The maximum atomic E-state index is 14.2. The van der Waals surface area contributed by atoms with Gasteiger partial charge in [0.1, 0.15) is 5.82 Å². The summed E-state index contributed by atoms with van der Waals surface area (Å²) >= 11 is 0. The van der Waals surface area contributed by atoms with Crippen LogP contribution >= 0.6 is 0 Å². The molecule has 0 atom stereocenters. The summed E-state index contributed by atoms with van der Waals surface area (Å²) in [4.78, 5) is 14.4. The number of aromatic nitrogens is 3. The van der Waals surface area contributed by atoms with E-state index in [1.807, 2.05) is 11.0 Å². The van der Waals surface area contributed by atoms with Crippen LogP contribution in [0.15, 0.2) is 24.4 Å². The zero-order valence-corrected chi connectivity index (χ0v) is 14.9. The van der Waals surface area contributed by atoms with E-state index in [1.54, 1.807) is 23.0 Å². The van der Waals surface area contributed by atoms with Crippen molar-refractivity contribution in [2.75, 3.05) is 23.3 Å². The van der Waals surface area contributed by atoms with Gasteiger partial charge in [-0.05, 0) is 49.8 Å². The van der Waals surface area contributed by atoms with Gasteiger partial charge in [-0.3, -0.25) is 9.48 Å². The largest absolute Gasteiger partial charge is 0.369 e. The molecule has 2 fully saturated rings. The molecule has 140 valence electrons. The first-order chi connectivity index (χ1) is 13.1. The Hall–Kier alpha value is -2.95. The molecule has 7 nitrogen and oxygen atoms in total. The van der Waals surface area contributed by atoms with Crippen LogP contribution in [-0.2, 0) is 11.3 Å². The molecule has 2 heterocycles. The van der Waals surface area contributed by atoms with Gasteiger partial charge in [0.25, 0.3) is 0 Å². The van der Waals surface area contributed by atoms with Crippen LogP contribution in [0.2, 0.25) is 0 Å². The van der Waals surface area contributed by atoms with Gasteiger partial charge in [-0.15, -0.1) is 5.10 Å². The quantitative estimate of drug-likeness (QED) is 0.876. The molecule has 1 saturated heterocycles. The number of anilines is 2. The van der Waals surface area contributed by atoms with E-state index in [9.17, 15) is 9.18 Å². The number of nitrogens with zero attached hydrogens (tertiary/aromatic N) is 5. The number of rotatable bonds is 5. The second-order valence-electron chi connectivity index (χ2n) is 7.30. The Balaban J connectivity index is 1.31. The summed E-state index contributed by atoms with van der Waals surface area (Å²) in [6.07, 6.45) is 5.53. The average Bonchev–Trinajstić information content (AvgIpc) is 3.39. The summed E-state index contributed by atoms with van der Waals surface area (Å²) in [7, 11) is 0. The molecule has 0 radical (unpaired) electrons. The maximum Gasteiger partial charge on any atom is 0.228 e. The fourth-order valence-corrected chi connectivity index (χ4v) is 3.45. The fourth-order valence-electron chi connectivity index (χ4n) is 3.45. The molecule has 27 heavy (non-hydrogen) atoms. The van der Waals surface area contributed by atoms with Crippen molar-refractivity contribution >= 4 is 17.4 Å². The van der Waals surface area contributed by atoms with Gasteiger partial charge in [0.05, 0.1) is 23.5 Å². The van der Waals surface area contributed by atoms with Gasteiger partial charge in [-0.25, -0.2) is 4.39 Å². The normalized spacial score (nSPS) is 17.6. The van der Waals surface area contributed by atoms with Gasteiger partial charge >= 0.3 is 0 Å². The maximum absolute atomic E-state index is 14.2. The number of benzene rings is 1. The van der Waals surface area contributed by atoms with Crippen LogP contribution in [-0.4, -0.2) is 34.0 Å². The molecule has 8 heteroatoms. The topological polar surface area (TPSA) is 86.8 Å². The van der Waals surface area contributed by atoms with Crippen molar-refractivity contribution in [2.45, 2.75) is 32.2 Å². The second kappa shape index (κ2) is 7.35. The van der Waals surface area contributed by atoms with Gasteiger partial charge in [0, 0.05) is 25.6 Å². The first-order valence-corrected chi connectivity index (χ1v) is 9.28. The predicted octanol–water partition coefficient (Wildman–Crippen LogP) is 2.55. The van der Waals surface area contributed by atoms with Gasteiger partial charge < -0.3 is 10.2 Å². The molecule has 1 aromatic carbocycles. The Morgan fingerprint density at radius 1 is 1.30 bits per heavy atom. The van der Waals surface area contributed by atoms with E-state index >= 15 is 0 Å². The third-order valence-corrected chi connectivity index (χ3v) is 5.22. The van der Waals surface area contributed by atoms with E-state index in [-0.39, 0.29) is 11.8 Å². The lowest BCUT2D eigenvalue weighted by Gasteiger charge is -2.33. The highest BCUT2D eigenvalue weighted by molar-refractivity contribution is 5.91. The number of hydrogen-bond acceptors (Lipinski definition) is 5. The molecule has 1 aromatic heterocycles. The summed E-state index contributed by atoms with van der Waals surface area (Å²) < 4.78 is 16.0. The van der Waals surface area contributed by atoms with E-state index < -0.39 is 5.82 Å². The van der Waals surface area contributed by atoms with Crippen molar-refractivity contribution < 1.29 is 9.18 Å². The number of nitrogens with one attached hydrogen (secondary N) is 1. The average molecular weight is 368 g/mol. The number of carbonyl (C=O) groups excluding carboxylic acids is 1. The molecular weight excluding hydrogens is 347 g/mol. The van der Waals surface area contributed by atoms with Crippen LogP contribution in [0.3, 0.4) is 0 Å². The standard InChI is InChI=1S/C19H21FN6O/c20-16-9-14(10-21)3-4-17(16)25-7-5-15(6-8-25)19(27)22-18-12-26(24-23-18)11-13-1-2-13/h3-4,9,12-13,15H,1-2,5-8,11H2,(H,22,27). The van der Waals surface area contributed by atoms with Crippen LogP contribution in [0.4, 0.5) is 15.9 Å². The number of hydrogen-bond donors (Lipinski definition) is 1. The SMILES string of the molecule is N#Cc1ccc(N2CCC(C(=O)Nc3cn(CC4CC4)nn3)CC2)c(F)c1. The predicted molar refractivity (Wildman–Crippen MR) is 97.4 cm³/mol. The summed E-state index contributed by atoms with van der Waals surface area (Å²) in [6.45, 7) is 2.04. The van der Waals surface area contributed by atoms with Crippen molar-refractivity contribution in [2.24, 2.45) is 11.8 Å². The fraction of sp³-hybridized carbons (Fsp3) is 0.474. The van der Waals surface area contributed by atoms with Crippen molar-refractivity contribution in [3.63, 3.8) is 0 Å². The highest BCUT2D eigenvalue weighted by Gasteiger charge is 2.27. The molecule has 1 saturated carbocycles. The Morgan fingerprint density at radius 2 is 2.07 bits per heavy atom. The summed E-state index contributed by atoms with van der Waals surface area (Å²) in [6, 6.07) is 6.43. The van der Waals surface area contributed by atoms with Gasteiger partial charge in [-0.2, -0.15) is 5.26 Å². The molecule has 1 aliphatic heterocycles. The van der Waals surface area contributed by atoms with Gasteiger partial charge in [0.2, 0.25) is 5.91 Å². The third-order valence-electron chi connectivity index (χ3n) is 5.22. The molecule has 1 aliphatic carbocycles. The monoisotopic (exact) mass is 368 g/mol.